The highest BCUT2D eigenvalue weighted by atomic mass is 19.1. The third-order valence-electron chi connectivity index (χ3n) is 6.61. The molecule has 0 aromatic heterocycles. The highest BCUT2D eigenvalue weighted by Gasteiger charge is 2.37. The van der Waals surface area contributed by atoms with Gasteiger partial charge >= 0.3 is 6.09 Å². The predicted molar refractivity (Wildman–Crippen MR) is 105 cm³/mol. The van der Waals surface area contributed by atoms with Crippen LogP contribution in [-0.4, -0.2) is 36.7 Å². The summed E-state index contributed by atoms with van der Waals surface area (Å²) in [5.74, 6) is -0.428. The van der Waals surface area contributed by atoms with Gasteiger partial charge < -0.3 is 10.1 Å². The van der Waals surface area contributed by atoms with Crippen molar-refractivity contribution in [1.29, 1.82) is 0 Å². The first-order chi connectivity index (χ1) is 14.1. The number of benzene rings is 2. The number of hydrogen-bond donors (Lipinski definition) is 1. The van der Waals surface area contributed by atoms with Crippen molar-refractivity contribution in [1.82, 2.24) is 10.2 Å². The average Bonchev–Trinajstić information content (AvgIpc) is 3.12. The van der Waals surface area contributed by atoms with Gasteiger partial charge in [-0.05, 0) is 79.6 Å². The molecule has 3 fully saturated rings. The Hall–Kier alpha value is -2.47. The lowest BCUT2D eigenvalue weighted by Crippen LogP contribution is -2.52. The molecule has 0 saturated carbocycles. The zero-order valence-corrected chi connectivity index (χ0v) is 16.2. The van der Waals surface area contributed by atoms with E-state index in [1.807, 2.05) is 12.1 Å². The first-order valence-corrected chi connectivity index (χ1v) is 10.3. The fourth-order valence-electron chi connectivity index (χ4n) is 5.01. The van der Waals surface area contributed by atoms with E-state index >= 15 is 0 Å². The summed E-state index contributed by atoms with van der Waals surface area (Å²) < 4.78 is 33.4. The second-order valence-electron chi connectivity index (χ2n) is 8.36. The highest BCUT2D eigenvalue weighted by molar-refractivity contribution is 5.70. The van der Waals surface area contributed by atoms with E-state index in [4.69, 9.17) is 4.74 Å². The SMILES string of the molecule is O=C(NC1CCc2cc(-c3cc(F)ccc3F)ccc21)O[C@H]1CN2CCC1CC2. The maximum absolute atomic E-state index is 14.1. The number of ether oxygens (including phenoxy) is 1. The lowest BCUT2D eigenvalue weighted by Gasteiger charge is -2.43. The molecule has 3 saturated heterocycles. The predicted octanol–water partition coefficient (Wildman–Crippen LogP) is 4.44. The molecule has 29 heavy (non-hydrogen) atoms. The van der Waals surface area contributed by atoms with Crippen molar-refractivity contribution in [3.63, 3.8) is 0 Å². The normalized spacial score (nSPS) is 27.5. The van der Waals surface area contributed by atoms with Gasteiger partial charge in [0.25, 0.3) is 0 Å². The second kappa shape index (κ2) is 7.41. The molecule has 1 N–H and O–H groups in total. The van der Waals surface area contributed by atoms with Crippen molar-refractivity contribution in [2.24, 2.45) is 5.92 Å². The highest BCUT2D eigenvalue weighted by Crippen LogP contribution is 2.35. The van der Waals surface area contributed by atoms with Gasteiger partial charge in [-0.15, -0.1) is 0 Å². The maximum Gasteiger partial charge on any atom is 0.407 e. The number of hydrogen-bond acceptors (Lipinski definition) is 3. The minimum atomic E-state index is -0.461. The topological polar surface area (TPSA) is 41.6 Å². The van der Waals surface area contributed by atoms with Crippen molar-refractivity contribution in [3.05, 3.63) is 59.2 Å². The van der Waals surface area contributed by atoms with Gasteiger partial charge in [0.1, 0.15) is 17.7 Å². The van der Waals surface area contributed by atoms with Gasteiger partial charge in [-0.1, -0.05) is 18.2 Å². The first-order valence-electron chi connectivity index (χ1n) is 10.3. The van der Waals surface area contributed by atoms with Gasteiger partial charge in [-0.25, -0.2) is 13.6 Å². The number of halogens is 2. The van der Waals surface area contributed by atoms with Crippen LogP contribution < -0.4 is 5.32 Å². The zero-order valence-electron chi connectivity index (χ0n) is 16.2. The van der Waals surface area contributed by atoms with Crippen LogP contribution >= 0.6 is 0 Å². The average molecular weight is 398 g/mol. The van der Waals surface area contributed by atoms with Crippen molar-refractivity contribution in [3.8, 4) is 11.1 Å². The van der Waals surface area contributed by atoms with E-state index < -0.39 is 11.6 Å². The number of fused-ring (bicyclic) bond motifs is 4. The van der Waals surface area contributed by atoms with Gasteiger partial charge in [-0.2, -0.15) is 0 Å². The molecule has 1 aliphatic carbocycles. The Balaban J connectivity index is 1.27. The summed E-state index contributed by atoms with van der Waals surface area (Å²) >= 11 is 0. The summed E-state index contributed by atoms with van der Waals surface area (Å²) in [6, 6.07) is 8.96. The van der Waals surface area contributed by atoms with Crippen molar-refractivity contribution in [2.45, 2.75) is 37.8 Å². The van der Waals surface area contributed by atoms with Crippen LogP contribution in [0.4, 0.5) is 13.6 Å². The first kappa shape index (κ1) is 18.6. The van der Waals surface area contributed by atoms with Crippen LogP contribution in [0, 0.1) is 17.6 Å². The van der Waals surface area contributed by atoms with Crippen molar-refractivity contribution in [2.75, 3.05) is 19.6 Å². The third-order valence-corrected chi connectivity index (χ3v) is 6.61. The summed E-state index contributed by atoms with van der Waals surface area (Å²) in [6.07, 6.45) is 3.39. The fraction of sp³-hybridized carbons (Fsp3) is 0.435. The molecule has 0 spiro atoms. The zero-order chi connectivity index (χ0) is 20.0. The molecule has 1 unspecified atom stereocenters. The van der Waals surface area contributed by atoms with Crippen molar-refractivity contribution < 1.29 is 18.3 Å². The van der Waals surface area contributed by atoms with Crippen LogP contribution in [0.25, 0.3) is 11.1 Å². The molecule has 6 rings (SSSR count). The molecule has 4 aliphatic rings. The number of nitrogens with one attached hydrogen (secondary N) is 1. The minimum Gasteiger partial charge on any atom is -0.445 e. The quantitative estimate of drug-likeness (QED) is 0.831. The molecule has 152 valence electrons. The number of amides is 1. The molecular weight excluding hydrogens is 374 g/mol. The summed E-state index contributed by atoms with van der Waals surface area (Å²) in [4.78, 5) is 14.8. The maximum atomic E-state index is 14.1. The molecule has 2 aromatic carbocycles. The van der Waals surface area contributed by atoms with E-state index in [-0.39, 0.29) is 23.8 Å². The summed E-state index contributed by atoms with van der Waals surface area (Å²) in [6.45, 7) is 3.05. The lowest BCUT2D eigenvalue weighted by molar-refractivity contribution is -0.0339. The van der Waals surface area contributed by atoms with Crippen LogP contribution in [0.5, 0.6) is 0 Å². The number of carbonyl (C=O) groups is 1. The molecule has 3 heterocycles. The number of rotatable bonds is 3. The number of alkyl carbamates (subject to hydrolysis) is 1. The summed E-state index contributed by atoms with van der Waals surface area (Å²) in [7, 11) is 0. The molecule has 0 radical (unpaired) electrons. The van der Waals surface area contributed by atoms with E-state index in [1.54, 1.807) is 6.07 Å². The summed E-state index contributed by atoms with van der Waals surface area (Å²) in [5, 5.41) is 3.01. The van der Waals surface area contributed by atoms with Crippen LogP contribution in [0.1, 0.15) is 36.4 Å². The Morgan fingerprint density at radius 3 is 2.66 bits per heavy atom. The van der Waals surface area contributed by atoms with E-state index in [9.17, 15) is 13.6 Å². The largest absolute Gasteiger partial charge is 0.445 e. The van der Waals surface area contributed by atoms with Crippen LogP contribution in [0.2, 0.25) is 0 Å². The van der Waals surface area contributed by atoms with Gasteiger partial charge in [0.05, 0.1) is 6.04 Å². The molecule has 4 nitrogen and oxygen atoms in total. The fourth-order valence-corrected chi connectivity index (χ4v) is 5.01. The Labute approximate surface area is 168 Å². The minimum absolute atomic E-state index is 0.0169. The van der Waals surface area contributed by atoms with Gasteiger partial charge in [-0.3, -0.25) is 4.90 Å². The number of aryl methyl sites for hydroxylation is 1. The Bertz CT molecular complexity index is 940. The Kier molecular flexibility index (Phi) is 4.74. The van der Waals surface area contributed by atoms with Gasteiger partial charge in [0.2, 0.25) is 0 Å². The Morgan fingerprint density at radius 1 is 1.07 bits per heavy atom. The number of carbonyl (C=O) groups excluding carboxylic acids is 1. The number of nitrogens with zero attached hydrogens (tertiary/aromatic N) is 1. The van der Waals surface area contributed by atoms with E-state index in [0.717, 1.165) is 68.6 Å². The Morgan fingerprint density at radius 2 is 1.90 bits per heavy atom. The van der Waals surface area contributed by atoms with E-state index in [0.29, 0.717) is 11.5 Å². The molecule has 1 amide bonds. The van der Waals surface area contributed by atoms with Crippen LogP contribution in [0.3, 0.4) is 0 Å². The van der Waals surface area contributed by atoms with Crippen LogP contribution in [0.15, 0.2) is 36.4 Å². The van der Waals surface area contributed by atoms with E-state index in [1.165, 1.54) is 6.07 Å². The number of piperidine rings is 3. The molecule has 2 atom stereocenters. The molecule has 6 heteroatoms. The molecular formula is C23H24F2N2O2. The van der Waals surface area contributed by atoms with E-state index in [2.05, 4.69) is 10.2 Å². The lowest BCUT2D eigenvalue weighted by atomic mass is 9.86. The molecule has 2 aromatic rings. The molecule has 2 bridgehead atoms. The van der Waals surface area contributed by atoms with Gasteiger partial charge in [0, 0.05) is 12.1 Å². The summed E-state index contributed by atoms with van der Waals surface area (Å²) in [5.41, 5.74) is 2.98. The second-order valence-corrected chi connectivity index (χ2v) is 8.36. The molecule has 3 aliphatic heterocycles. The monoisotopic (exact) mass is 398 g/mol. The van der Waals surface area contributed by atoms with Crippen molar-refractivity contribution >= 4 is 6.09 Å². The smallest absolute Gasteiger partial charge is 0.407 e. The van der Waals surface area contributed by atoms with Gasteiger partial charge in [0.15, 0.2) is 0 Å². The standard InChI is InChI=1S/C23H24F2N2O2/c24-17-3-5-20(25)19(12-17)16-1-4-18-15(11-16)2-6-21(18)26-23(28)29-22-13-27-9-7-14(22)8-10-27/h1,3-5,11-12,14,21-22H,2,6-10,13H2,(H,26,28)/t21?,22-/m0/s1. The third kappa shape index (κ3) is 3.62. The van der Waals surface area contributed by atoms with Crippen LogP contribution in [-0.2, 0) is 11.2 Å².